The summed E-state index contributed by atoms with van der Waals surface area (Å²) in [5.74, 6) is 0.554. The third-order valence-corrected chi connectivity index (χ3v) is 7.66. The maximum absolute atomic E-state index is 14.5. The SMILES string of the molecule is CCCCOc1ccc(C[C@H](NC(=O)NCc2ccccc2)C(=O)N(Cc2cccc3ccccc23)CC(OCC)OCC)cc1. The molecule has 0 bridgehead atoms. The monoisotopic (exact) mass is 625 g/mol. The Kier molecular flexibility index (Phi) is 13.9. The summed E-state index contributed by atoms with van der Waals surface area (Å²) in [5.41, 5.74) is 2.87. The molecule has 0 aliphatic carbocycles. The van der Waals surface area contributed by atoms with Gasteiger partial charge in [-0.3, -0.25) is 4.79 Å². The van der Waals surface area contributed by atoms with Gasteiger partial charge in [0.05, 0.1) is 13.2 Å². The highest BCUT2D eigenvalue weighted by atomic mass is 16.7. The zero-order valence-corrected chi connectivity index (χ0v) is 27.2. The number of carbonyl (C=O) groups excluding carboxylic acids is 2. The van der Waals surface area contributed by atoms with E-state index < -0.39 is 18.4 Å². The zero-order chi connectivity index (χ0) is 32.6. The molecule has 0 saturated carbocycles. The molecular weight excluding hydrogens is 578 g/mol. The second-order valence-corrected chi connectivity index (χ2v) is 11.1. The first-order valence-electron chi connectivity index (χ1n) is 16.3. The third-order valence-electron chi connectivity index (χ3n) is 7.66. The van der Waals surface area contributed by atoms with E-state index in [2.05, 4.69) is 35.8 Å². The minimum atomic E-state index is -0.846. The summed E-state index contributed by atoms with van der Waals surface area (Å²) < 4.78 is 17.6. The lowest BCUT2D eigenvalue weighted by Crippen LogP contribution is -2.53. The Morgan fingerprint density at radius 2 is 1.48 bits per heavy atom. The van der Waals surface area contributed by atoms with Crippen LogP contribution in [0.15, 0.2) is 97.1 Å². The molecule has 3 amide bonds. The molecular formula is C38H47N3O5. The van der Waals surface area contributed by atoms with Gasteiger partial charge in [-0.25, -0.2) is 4.79 Å². The van der Waals surface area contributed by atoms with E-state index in [9.17, 15) is 9.59 Å². The maximum Gasteiger partial charge on any atom is 0.315 e. The number of urea groups is 1. The number of nitrogens with one attached hydrogen (secondary N) is 2. The number of ether oxygens (including phenoxy) is 3. The highest BCUT2D eigenvalue weighted by molar-refractivity contribution is 5.89. The number of amides is 3. The van der Waals surface area contributed by atoms with Crippen LogP contribution in [0.4, 0.5) is 4.79 Å². The largest absolute Gasteiger partial charge is 0.494 e. The zero-order valence-electron chi connectivity index (χ0n) is 27.2. The van der Waals surface area contributed by atoms with Gasteiger partial charge in [0.1, 0.15) is 11.8 Å². The molecule has 0 radical (unpaired) electrons. The van der Waals surface area contributed by atoms with E-state index in [4.69, 9.17) is 14.2 Å². The van der Waals surface area contributed by atoms with Gasteiger partial charge in [0.2, 0.25) is 5.91 Å². The first-order valence-corrected chi connectivity index (χ1v) is 16.3. The van der Waals surface area contributed by atoms with E-state index in [1.165, 1.54) is 0 Å². The Morgan fingerprint density at radius 3 is 2.20 bits per heavy atom. The molecule has 0 aliphatic heterocycles. The van der Waals surface area contributed by atoms with E-state index in [-0.39, 0.29) is 12.5 Å². The van der Waals surface area contributed by atoms with E-state index in [1.54, 1.807) is 4.90 Å². The number of hydrogen-bond acceptors (Lipinski definition) is 5. The molecule has 0 spiro atoms. The fourth-order valence-corrected chi connectivity index (χ4v) is 5.27. The molecule has 0 saturated heterocycles. The van der Waals surface area contributed by atoms with Crippen molar-refractivity contribution in [3.8, 4) is 5.75 Å². The van der Waals surface area contributed by atoms with Crippen molar-refractivity contribution in [3.63, 3.8) is 0 Å². The number of nitrogens with zero attached hydrogens (tertiary/aromatic N) is 1. The Labute approximate surface area is 273 Å². The van der Waals surface area contributed by atoms with Gasteiger partial charge < -0.3 is 29.7 Å². The predicted molar refractivity (Wildman–Crippen MR) is 183 cm³/mol. The van der Waals surface area contributed by atoms with E-state index >= 15 is 0 Å². The number of rotatable bonds is 18. The standard InChI is InChI=1S/C38H47N3O5/c1-4-7-24-46-33-22-20-29(21-23-33)25-35(40-38(43)39-26-30-14-9-8-10-15-30)37(42)41(28-36(44-5-2)45-6-3)27-32-18-13-17-31-16-11-12-19-34(31)32/h8-23,35-36H,4-7,24-28H2,1-3H3,(H2,39,40,43)/t35-/m0/s1. The summed E-state index contributed by atoms with van der Waals surface area (Å²) in [4.78, 5) is 29.5. The topological polar surface area (TPSA) is 89.1 Å². The quantitative estimate of drug-likeness (QED) is 0.0932. The Hall–Kier alpha value is -4.40. The fourth-order valence-electron chi connectivity index (χ4n) is 5.27. The Balaban J connectivity index is 1.61. The number of hydrogen-bond donors (Lipinski definition) is 2. The Bertz CT molecular complexity index is 1480. The molecule has 0 aromatic heterocycles. The molecule has 0 fully saturated rings. The smallest absolute Gasteiger partial charge is 0.315 e. The van der Waals surface area contributed by atoms with Gasteiger partial charge in [0.25, 0.3) is 0 Å². The van der Waals surface area contributed by atoms with Crippen LogP contribution >= 0.6 is 0 Å². The van der Waals surface area contributed by atoms with Crippen LogP contribution in [0.1, 0.15) is 50.3 Å². The van der Waals surface area contributed by atoms with Gasteiger partial charge in [-0.2, -0.15) is 0 Å². The van der Waals surface area contributed by atoms with Crippen LogP contribution in [0.2, 0.25) is 0 Å². The minimum Gasteiger partial charge on any atom is -0.494 e. The predicted octanol–water partition coefficient (Wildman–Crippen LogP) is 6.86. The summed E-state index contributed by atoms with van der Waals surface area (Å²) in [5, 5.41) is 8.05. The highest BCUT2D eigenvalue weighted by Gasteiger charge is 2.29. The van der Waals surface area contributed by atoms with Crippen molar-refractivity contribution in [2.45, 2.75) is 65.5 Å². The van der Waals surface area contributed by atoms with Gasteiger partial charge in [-0.05, 0) is 59.9 Å². The maximum atomic E-state index is 14.5. The summed E-state index contributed by atoms with van der Waals surface area (Å²) in [6, 6.07) is 30.3. The average molecular weight is 626 g/mol. The van der Waals surface area contributed by atoms with Crippen molar-refractivity contribution in [2.24, 2.45) is 0 Å². The normalized spacial score (nSPS) is 11.7. The van der Waals surface area contributed by atoms with Crippen LogP contribution in [0.3, 0.4) is 0 Å². The van der Waals surface area contributed by atoms with Crippen LogP contribution in [0, 0.1) is 0 Å². The lowest BCUT2D eigenvalue weighted by Gasteiger charge is -2.31. The van der Waals surface area contributed by atoms with Gasteiger partial charge in [-0.15, -0.1) is 0 Å². The first-order chi connectivity index (χ1) is 22.5. The lowest BCUT2D eigenvalue weighted by molar-refractivity contribution is -0.160. The van der Waals surface area contributed by atoms with Crippen LogP contribution in [-0.4, -0.2) is 55.5 Å². The first kappa shape index (κ1) is 34.5. The molecule has 0 heterocycles. The molecule has 8 nitrogen and oxygen atoms in total. The summed E-state index contributed by atoms with van der Waals surface area (Å²) in [6.07, 6.45) is 1.73. The lowest BCUT2D eigenvalue weighted by atomic mass is 10.0. The molecule has 244 valence electrons. The van der Waals surface area contributed by atoms with Gasteiger partial charge in [0.15, 0.2) is 6.29 Å². The molecule has 0 aliphatic rings. The summed E-state index contributed by atoms with van der Waals surface area (Å²) in [6.45, 7) is 8.34. The molecule has 1 atom stereocenters. The van der Waals surface area contributed by atoms with Crippen molar-refractivity contribution in [2.75, 3.05) is 26.4 Å². The van der Waals surface area contributed by atoms with Crippen molar-refractivity contribution in [1.29, 1.82) is 0 Å². The van der Waals surface area contributed by atoms with Crippen molar-refractivity contribution in [3.05, 3.63) is 114 Å². The van der Waals surface area contributed by atoms with Crippen LogP contribution in [-0.2, 0) is 33.8 Å². The van der Waals surface area contributed by atoms with Crippen LogP contribution < -0.4 is 15.4 Å². The number of carbonyl (C=O) groups is 2. The van der Waals surface area contributed by atoms with E-state index in [0.29, 0.717) is 39.3 Å². The van der Waals surface area contributed by atoms with Crippen LogP contribution in [0.5, 0.6) is 5.75 Å². The average Bonchev–Trinajstić information content (AvgIpc) is 3.08. The molecule has 4 aromatic rings. The molecule has 4 rings (SSSR count). The van der Waals surface area contributed by atoms with Gasteiger partial charge >= 0.3 is 6.03 Å². The third kappa shape index (κ3) is 10.6. The van der Waals surface area contributed by atoms with E-state index in [0.717, 1.165) is 46.1 Å². The summed E-state index contributed by atoms with van der Waals surface area (Å²) >= 11 is 0. The van der Waals surface area contributed by atoms with Crippen molar-refractivity contribution < 1.29 is 23.8 Å². The van der Waals surface area contributed by atoms with Gasteiger partial charge in [0, 0.05) is 32.7 Å². The molecule has 0 unspecified atom stereocenters. The number of unbranched alkanes of at least 4 members (excludes halogenated alkanes) is 1. The molecule has 4 aromatic carbocycles. The number of fused-ring (bicyclic) bond motifs is 1. The molecule has 2 N–H and O–H groups in total. The second kappa shape index (κ2) is 18.5. The fraction of sp³-hybridized carbons (Fsp3) is 0.368. The van der Waals surface area contributed by atoms with Crippen LogP contribution in [0.25, 0.3) is 10.8 Å². The molecule has 46 heavy (non-hydrogen) atoms. The minimum absolute atomic E-state index is 0.206. The number of benzene rings is 4. The van der Waals surface area contributed by atoms with Crippen molar-refractivity contribution >= 4 is 22.7 Å². The highest BCUT2D eigenvalue weighted by Crippen LogP contribution is 2.22. The second-order valence-electron chi connectivity index (χ2n) is 11.1. The van der Waals surface area contributed by atoms with Crippen molar-refractivity contribution in [1.82, 2.24) is 15.5 Å². The Morgan fingerprint density at radius 1 is 0.783 bits per heavy atom. The molecule has 8 heteroatoms. The van der Waals surface area contributed by atoms with E-state index in [1.807, 2.05) is 92.7 Å². The summed E-state index contributed by atoms with van der Waals surface area (Å²) in [7, 11) is 0. The van der Waals surface area contributed by atoms with Gasteiger partial charge in [-0.1, -0.05) is 98.3 Å².